The molecule has 2 N–H and O–H groups in total. The molecule has 5 nitrogen and oxygen atoms in total. The van der Waals surface area contributed by atoms with Gasteiger partial charge in [0, 0.05) is 6.54 Å². The van der Waals surface area contributed by atoms with Crippen molar-refractivity contribution in [3.63, 3.8) is 0 Å². The molecule has 1 aromatic heterocycles. The monoisotopic (exact) mass is 301 g/mol. The van der Waals surface area contributed by atoms with Crippen LogP contribution in [0, 0.1) is 12.8 Å². The zero-order valence-electron chi connectivity index (χ0n) is 13.5. The quantitative estimate of drug-likeness (QED) is 0.890. The molecule has 0 fully saturated rings. The van der Waals surface area contributed by atoms with Gasteiger partial charge in [0.05, 0.1) is 28.7 Å². The summed E-state index contributed by atoms with van der Waals surface area (Å²) < 4.78 is 1.73. The van der Waals surface area contributed by atoms with Crippen molar-refractivity contribution in [2.24, 2.45) is 5.92 Å². The Hall–Kier alpha value is -2.14. The van der Waals surface area contributed by atoms with E-state index < -0.39 is 5.60 Å². The lowest BCUT2D eigenvalue weighted by atomic mass is 9.92. The molecule has 0 spiro atoms. The molecule has 0 saturated heterocycles. The van der Waals surface area contributed by atoms with Crippen LogP contribution in [0.25, 0.3) is 5.69 Å². The van der Waals surface area contributed by atoms with Crippen LogP contribution in [0.2, 0.25) is 0 Å². The van der Waals surface area contributed by atoms with E-state index >= 15 is 0 Å². The number of carbonyl (C=O) groups is 1. The van der Waals surface area contributed by atoms with Crippen molar-refractivity contribution in [2.75, 3.05) is 6.54 Å². The Morgan fingerprint density at radius 3 is 2.59 bits per heavy atom. The summed E-state index contributed by atoms with van der Waals surface area (Å²) in [5, 5.41) is 17.3. The Balaban J connectivity index is 2.14. The van der Waals surface area contributed by atoms with Crippen LogP contribution >= 0.6 is 0 Å². The van der Waals surface area contributed by atoms with Crippen LogP contribution in [0.4, 0.5) is 0 Å². The standard InChI is InChI=1S/C17H23N3O2/c1-12(2)17(4,22)11-18-16(21)15-10-19-20(13(15)3)14-8-6-5-7-9-14/h5-10,12,22H,11H2,1-4H3,(H,18,21). The molecule has 0 radical (unpaired) electrons. The van der Waals surface area contributed by atoms with Crippen LogP contribution in [-0.2, 0) is 0 Å². The highest BCUT2D eigenvalue weighted by Crippen LogP contribution is 2.16. The van der Waals surface area contributed by atoms with E-state index in [4.69, 9.17) is 0 Å². The first-order valence-electron chi connectivity index (χ1n) is 7.43. The van der Waals surface area contributed by atoms with Gasteiger partial charge in [0.2, 0.25) is 0 Å². The summed E-state index contributed by atoms with van der Waals surface area (Å²) in [4.78, 5) is 12.3. The van der Waals surface area contributed by atoms with E-state index in [1.165, 1.54) is 0 Å². The largest absolute Gasteiger partial charge is 0.388 e. The first kappa shape index (κ1) is 16.2. The van der Waals surface area contributed by atoms with E-state index in [1.807, 2.05) is 51.1 Å². The van der Waals surface area contributed by atoms with Crippen LogP contribution in [0.15, 0.2) is 36.5 Å². The van der Waals surface area contributed by atoms with E-state index in [0.717, 1.165) is 11.4 Å². The molecule has 0 saturated carbocycles. The molecule has 0 bridgehead atoms. The molecule has 0 aliphatic rings. The number of hydrogen-bond acceptors (Lipinski definition) is 3. The third kappa shape index (κ3) is 3.36. The van der Waals surface area contributed by atoms with Gasteiger partial charge in [0.25, 0.3) is 5.91 Å². The second kappa shape index (κ2) is 6.32. The van der Waals surface area contributed by atoms with Crippen molar-refractivity contribution < 1.29 is 9.90 Å². The van der Waals surface area contributed by atoms with Crippen LogP contribution in [0.3, 0.4) is 0 Å². The fourth-order valence-corrected chi connectivity index (χ4v) is 2.02. The van der Waals surface area contributed by atoms with Crippen molar-refractivity contribution >= 4 is 5.91 Å². The Labute approximate surface area is 131 Å². The summed E-state index contributed by atoms with van der Waals surface area (Å²) in [5.41, 5.74) is 1.27. The number of nitrogens with one attached hydrogen (secondary N) is 1. The van der Waals surface area contributed by atoms with Gasteiger partial charge in [-0.3, -0.25) is 4.79 Å². The first-order chi connectivity index (χ1) is 10.3. The summed E-state index contributed by atoms with van der Waals surface area (Å²) in [7, 11) is 0. The lowest BCUT2D eigenvalue weighted by Crippen LogP contribution is -2.44. The average molecular weight is 301 g/mol. The predicted octanol–water partition coefficient (Wildman–Crippen LogP) is 2.32. The maximum Gasteiger partial charge on any atom is 0.254 e. The van der Waals surface area contributed by atoms with Gasteiger partial charge < -0.3 is 10.4 Å². The third-order valence-corrected chi connectivity index (χ3v) is 4.11. The van der Waals surface area contributed by atoms with Gasteiger partial charge in [0.15, 0.2) is 0 Å². The summed E-state index contributed by atoms with van der Waals surface area (Å²) in [6.07, 6.45) is 1.56. The van der Waals surface area contributed by atoms with Gasteiger partial charge in [0.1, 0.15) is 0 Å². The summed E-state index contributed by atoms with van der Waals surface area (Å²) in [6.45, 7) is 7.63. The molecule has 2 aromatic rings. The van der Waals surface area contributed by atoms with E-state index in [9.17, 15) is 9.90 Å². The molecule has 1 amide bonds. The molecule has 0 aliphatic carbocycles. The van der Waals surface area contributed by atoms with Gasteiger partial charge >= 0.3 is 0 Å². The van der Waals surface area contributed by atoms with Gasteiger partial charge in [-0.25, -0.2) is 4.68 Å². The van der Waals surface area contributed by atoms with E-state index in [0.29, 0.717) is 5.56 Å². The third-order valence-electron chi connectivity index (χ3n) is 4.11. The number of aromatic nitrogens is 2. The number of para-hydroxylation sites is 1. The van der Waals surface area contributed by atoms with E-state index in [-0.39, 0.29) is 18.4 Å². The average Bonchev–Trinajstić information content (AvgIpc) is 2.87. The minimum atomic E-state index is -0.932. The molecule has 118 valence electrons. The summed E-state index contributed by atoms with van der Waals surface area (Å²) >= 11 is 0. The summed E-state index contributed by atoms with van der Waals surface area (Å²) in [5.74, 6) is -0.165. The lowest BCUT2D eigenvalue weighted by Gasteiger charge is -2.27. The minimum absolute atomic E-state index is 0.0564. The van der Waals surface area contributed by atoms with Gasteiger partial charge in [-0.1, -0.05) is 32.0 Å². The molecular formula is C17H23N3O2. The van der Waals surface area contributed by atoms with E-state index in [1.54, 1.807) is 17.8 Å². The van der Waals surface area contributed by atoms with Gasteiger partial charge in [-0.05, 0) is 31.9 Å². The molecule has 1 unspecified atom stereocenters. The summed E-state index contributed by atoms with van der Waals surface area (Å²) in [6, 6.07) is 9.66. The second-order valence-electron chi connectivity index (χ2n) is 6.09. The SMILES string of the molecule is Cc1c(C(=O)NCC(C)(O)C(C)C)cnn1-c1ccccc1. The maximum atomic E-state index is 12.3. The highest BCUT2D eigenvalue weighted by molar-refractivity contribution is 5.95. The Morgan fingerprint density at radius 2 is 2.00 bits per heavy atom. The number of rotatable bonds is 5. The second-order valence-corrected chi connectivity index (χ2v) is 6.09. The fraction of sp³-hybridized carbons (Fsp3) is 0.412. The molecule has 1 aromatic carbocycles. The Morgan fingerprint density at radius 1 is 1.36 bits per heavy atom. The smallest absolute Gasteiger partial charge is 0.254 e. The lowest BCUT2D eigenvalue weighted by molar-refractivity contribution is 0.0142. The molecule has 1 heterocycles. The molecule has 1 atom stereocenters. The predicted molar refractivity (Wildman–Crippen MR) is 86.1 cm³/mol. The normalized spacial score (nSPS) is 13.9. The van der Waals surface area contributed by atoms with E-state index in [2.05, 4.69) is 10.4 Å². The molecule has 0 aliphatic heterocycles. The van der Waals surface area contributed by atoms with Crippen molar-refractivity contribution in [2.45, 2.75) is 33.3 Å². The molecule has 5 heteroatoms. The molecular weight excluding hydrogens is 278 g/mol. The van der Waals surface area contributed by atoms with Crippen LogP contribution < -0.4 is 5.32 Å². The van der Waals surface area contributed by atoms with Gasteiger partial charge in [-0.15, -0.1) is 0 Å². The molecule has 2 rings (SSSR count). The van der Waals surface area contributed by atoms with Crippen molar-refractivity contribution in [3.8, 4) is 5.69 Å². The maximum absolute atomic E-state index is 12.3. The van der Waals surface area contributed by atoms with Crippen molar-refractivity contribution in [1.82, 2.24) is 15.1 Å². The zero-order valence-corrected chi connectivity index (χ0v) is 13.5. The topological polar surface area (TPSA) is 67.2 Å². The highest BCUT2D eigenvalue weighted by Gasteiger charge is 2.26. The Kier molecular flexibility index (Phi) is 4.66. The number of carbonyl (C=O) groups excluding carboxylic acids is 1. The molecule has 22 heavy (non-hydrogen) atoms. The fourth-order valence-electron chi connectivity index (χ4n) is 2.02. The number of amides is 1. The van der Waals surface area contributed by atoms with Gasteiger partial charge in [-0.2, -0.15) is 5.10 Å². The van der Waals surface area contributed by atoms with Crippen molar-refractivity contribution in [1.29, 1.82) is 0 Å². The first-order valence-corrected chi connectivity index (χ1v) is 7.43. The highest BCUT2D eigenvalue weighted by atomic mass is 16.3. The minimum Gasteiger partial charge on any atom is -0.388 e. The number of nitrogens with zero attached hydrogens (tertiary/aromatic N) is 2. The Bertz CT molecular complexity index is 645. The van der Waals surface area contributed by atoms with Crippen LogP contribution in [0.1, 0.15) is 36.8 Å². The van der Waals surface area contributed by atoms with Crippen molar-refractivity contribution in [3.05, 3.63) is 47.8 Å². The van der Waals surface area contributed by atoms with Crippen LogP contribution in [-0.4, -0.2) is 32.9 Å². The number of hydrogen-bond donors (Lipinski definition) is 2. The number of benzene rings is 1. The zero-order chi connectivity index (χ0) is 16.3. The van der Waals surface area contributed by atoms with Crippen LogP contribution in [0.5, 0.6) is 0 Å². The number of aliphatic hydroxyl groups is 1.